The van der Waals surface area contributed by atoms with Gasteiger partial charge < -0.3 is 14.2 Å². The SMILES string of the molecule is C#Cc1ccc(C(C)OCCOC2CCCCO2)cc1. The summed E-state index contributed by atoms with van der Waals surface area (Å²) in [5, 5.41) is 0. The van der Waals surface area contributed by atoms with Gasteiger partial charge in [0, 0.05) is 12.2 Å². The smallest absolute Gasteiger partial charge is 0.157 e. The van der Waals surface area contributed by atoms with Crippen molar-refractivity contribution in [3.8, 4) is 12.3 Å². The maximum absolute atomic E-state index is 5.76. The van der Waals surface area contributed by atoms with Crippen molar-refractivity contribution in [2.75, 3.05) is 19.8 Å². The van der Waals surface area contributed by atoms with E-state index in [-0.39, 0.29) is 12.4 Å². The van der Waals surface area contributed by atoms with Gasteiger partial charge in [0.05, 0.1) is 19.3 Å². The molecule has 0 N–H and O–H groups in total. The lowest BCUT2D eigenvalue weighted by Gasteiger charge is -2.23. The van der Waals surface area contributed by atoms with Crippen LogP contribution < -0.4 is 0 Å². The first-order valence-corrected chi connectivity index (χ1v) is 7.21. The van der Waals surface area contributed by atoms with E-state index >= 15 is 0 Å². The van der Waals surface area contributed by atoms with E-state index in [1.165, 1.54) is 6.42 Å². The van der Waals surface area contributed by atoms with E-state index in [0.29, 0.717) is 13.2 Å². The molecular formula is C17H22O3. The predicted molar refractivity (Wildman–Crippen MR) is 78.3 cm³/mol. The molecule has 0 amide bonds. The molecule has 20 heavy (non-hydrogen) atoms. The topological polar surface area (TPSA) is 27.7 Å². The number of ether oxygens (including phenoxy) is 3. The van der Waals surface area contributed by atoms with Crippen LogP contribution >= 0.6 is 0 Å². The monoisotopic (exact) mass is 274 g/mol. The number of hydrogen-bond donors (Lipinski definition) is 0. The third-order valence-corrected chi connectivity index (χ3v) is 3.44. The van der Waals surface area contributed by atoms with Crippen molar-refractivity contribution in [3.63, 3.8) is 0 Å². The van der Waals surface area contributed by atoms with Crippen LogP contribution in [0.3, 0.4) is 0 Å². The molecule has 0 radical (unpaired) electrons. The molecule has 108 valence electrons. The average Bonchev–Trinajstić information content (AvgIpc) is 2.52. The summed E-state index contributed by atoms with van der Waals surface area (Å²) < 4.78 is 16.9. The zero-order chi connectivity index (χ0) is 14.2. The summed E-state index contributed by atoms with van der Waals surface area (Å²) in [5.74, 6) is 2.61. The van der Waals surface area contributed by atoms with Gasteiger partial charge in [-0.15, -0.1) is 6.42 Å². The lowest BCUT2D eigenvalue weighted by Crippen LogP contribution is -2.24. The fourth-order valence-electron chi connectivity index (χ4n) is 2.19. The Morgan fingerprint density at radius 2 is 2.10 bits per heavy atom. The fraction of sp³-hybridized carbons (Fsp3) is 0.529. The summed E-state index contributed by atoms with van der Waals surface area (Å²) in [6, 6.07) is 7.87. The van der Waals surface area contributed by atoms with Crippen molar-refractivity contribution in [1.29, 1.82) is 0 Å². The Kier molecular flexibility index (Phi) is 6.07. The second-order valence-electron chi connectivity index (χ2n) is 4.95. The summed E-state index contributed by atoms with van der Waals surface area (Å²) in [4.78, 5) is 0. The maximum atomic E-state index is 5.76. The number of terminal acetylenes is 1. The quantitative estimate of drug-likeness (QED) is 0.588. The Labute approximate surface area is 121 Å². The Morgan fingerprint density at radius 1 is 1.30 bits per heavy atom. The van der Waals surface area contributed by atoms with Gasteiger partial charge in [-0.25, -0.2) is 0 Å². The highest BCUT2D eigenvalue weighted by Gasteiger charge is 2.14. The standard InChI is InChI=1S/C17H22O3/c1-3-15-7-9-16(10-8-15)14(2)18-12-13-20-17-6-4-5-11-19-17/h1,7-10,14,17H,4-6,11-13H2,2H3. The third kappa shape index (κ3) is 4.64. The molecule has 1 aliphatic heterocycles. The van der Waals surface area contributed by atoms with Crippen LogP contribution in [0.1, 0.15) is 43.4 Å². The first-order valence-electron chi connectivity index (χ1n) is 7.21. The van der Waals surface area contributed by atoms with Gasteiger partial charge in [-0.2, -0.15) is 0 Å². The largest absolute Gasteiger partial charge is 0.371 e. The zero-order valence-electron chi connectivity index (χ0n) is 12.0. The lowest BCUT2D eigenvalue weighted by atomic mass is 10.1. The molecule has 1 saturated heterocycles. The average molecular weight is 274 g/mol. The zero-order valence-corrected chi connectivity index (χ0v) is 12.0. The molecule has 2 atom stereocenters. The van der Waals surface area contributed by atoms with Crippen LogP contribution in [0.2, 0.25) is 0 Å². The molecule has 0 saturated carbocycles. The molecule has 1 heterocycles. The van der Waals surface area contributed by atoms with Gasteiger partial charge in [0.15, 0.2) is 6.29 Å². The Morgan fingerprint density at radius 3 is 2.75 bits per heavy atom. The molecule has 0 bridgehead atoms. The molecule has 1 aromatic carbocycles. The molecule has 0 aromatic heterocycles. The highest BCUT2D eigenvalue weighted by molar-refractivity contribution is 5.34. The summed E-state index contributed by atoms with van der Waals surface area (Å²) in [6.45, 7) is 3.97. The van der Waals surface area contributed by atoms with E-state index in [0.717, 1.165) is 30.6 Å². The van der Waals surface area contributed by atoms with Gasteiger partial charge in [-0.05, 0) is 43.9 Å². The highest BCUT2D eigenvalue weighted by Crippen LogP contribution is 2.17. The van der Waals surface area contributed by atoms with E-state index in [9.17, 15) is 0 Å². The van der Waals surface area contributed by atoms with Crippen LogP contribution in [0, 0.1) is 12.3 Å². The fourth-order valence-corrected chi connectivity index (χ4v) is 2.19. The minimum atomic E-state index is -0.0439. The second-order valence-corrected chi connectivity index (χ2v) is 4.95. The summed E-state index contributed by atoms with van der Waals surface area (Å²) >= 11 is 0. The summed E-state index contributed by atoms with van der Waals surface area (Å²) in [6.07, 6.45) is 8.64. The van der Waals surface area contributed by atoms with Crippen LogP contribution in [0.25, 0.3) is 0 Å². The molecule has 1 fully saturated rings. The lowest BCUT2D eigenvalue weighted by molar-refractivity contribution is -0.171. The summed E-state index contributed by atoms with van der Waals surface area (Å²) in [5.41, 5.74) is 2.01. The minimum absolute atomic E-state index is 0.0395. The van der Waals surface area contributed by atoms with Crippen LogP contribution in [0.15, 0.2) is 24.3 Å². The van der Waals surface area contributed by atoms with Gasteiger partial charge in [-0.3, -0.25) is 0 Å². The Balaban J connectivity index is 1.66. The van der Waals surface area contributed by atoms with Crippen LogP contribution in [0.4, 0.5) is 0 Å². The van der Waals surface area contributed by atoms with Crippen molar-refractivity contribution in [2.45, 2.75) is 38.6 Å². The molecule has 0 aliphatic carbocycles. The normalized spacial score (nSPS) is 20.3. The van der Waals surface area contributed by atoms with Gasteiger partial charge in [-0.1, -0.05) is 18.1 Å². The summed E-state index contributed by atoms with van der Waals surface area (Å²) in [7, 11) is 0. The number of benzene rings is 1. The molecular weight excluding hydrogens is 252 g/mol. The van der Waals surface area contributed by atoms with Gasteiger partial charge in [0.1, 0.15) is 0 Å². The first kappa shape index (κ1) is 15.1. The van der Waals surface area contributed by atoms with Gasteiger partial charge >= 0.3 is 0 Å². The van der Waals surface area contributed by atoms with E-state index in [1.54, 1.807) is 0 Å². The van der Waals surface area contributed by atoms with E-state index in [4.69, 9.17) is 20.6 Å². The van der Waals surface area contributed by atoms with E-state index in [2.05, 4.69) is 5.92 Å². The van der Waals surface area contributed by atoms with Crippen molar-refractivity contribution < 1.29 is 14.2 Å². The molecule has 1 aliphatic rings. The number of hydrogen-bond acceptors (Lipinski definition) is 3. The minimum Gasteiger partial charge on any atom is -0.371 e. The van der Waals surface area contributed by atoms with E-state index < -0.39 is 0 Å². The Bertz CT molecular complexity index is 427. The van der Waals surface area contributed by atoms with Gasteiger partial charge in [0.25, 0.3) is 0 Å². The van der Waals surface area contributed by atoms with Crippen molar-refractivity contribution >= 4 is 0 Å². The van der Waals surface area contributed by atoms with Crippen molar-refractivity contribution in [1.82, 2.24) is 0 Å². The number of rotatable bonds is 6. The maximum Gasteiger partial charge on any atom is 0.157 e. The molecule has 3 nitrogen and oxygen atoms in total. The molecule has 3 heteroatoms. The first-order chi connectivity index (χ1) is 9.79. The van der Waals surface area contributed by atoms with E-state index in [1.807, 2.05) is 31.2 Å². The van der Waals surface area contributed by atoms with Gasteiger partial charge in [0.2, 0.25) is 0 Å². The van der Waals surface area contributed by atoms with Crippen molar-refractivity contribution in [3.05, 3.63) is 35.4 Å². The van der Waals surface area contributed by atoms with Crippen molar-refractivity contribution in [2.24, 2.45) is 0 Å². The van der Waals surface area contributed by atoms with Crippen LogP contribution in [-0.2, 0) is 14.2 Å². The molecule has 2 unspecified atom stereocenters. The second kappa shape index (κ2) is 8.06. The molecule has 1 aromatic rings. The molecule has 2 rings (SSSR count). The van der Waals surface area contributed by atoms with Crippen LogP contribution in [-0.4, -0.2) is 26.1 Å². The molecule has 0 spiro atoms. The van der Waals surface area contributed by atoms with Crippen LogP contribution in [0.5, 0.6) is 0 Å². The predicted octanol–water partition coefficient (Wildman–Crippen LogP) is 3.29. The highest BCUT2D eigenvalue weighted by atomic mass is 16.7. The third-order valence-electron chi connectivity index (χ3n) is 3.44. The Hall–Kier alpha value is -1.34.